The minimum Gasteiger partial charge on any atom is -1.00 e. The van der Waals surface area contributed by atoms with E-state index in [1.807, 2.05) is 12.1 Å². The van der Waals surface area contributed by atoms with Crippen LogP contribution in [-0.4, -0.2) is 55.5 Å². The smallest absolute Gasteiger partial charge is 0.201 e. The van der Waals surface area contributed by atoms with Crippen LogP contribution in [0.3, 0.4) is 0 Å². The highest BCUT2D eigenvalue weighted by atomic mass is 79.9. The molecule has 0 aromatic heterocycles. The van der Waals surface area contributed by atoms with Gasteiger partial charge in [-0.15, -0.1) is 0 Å². The predicted octanol–water partition coefficient (Wildman–Crippen LogP) is 6.42. The van der Waals surface area contributed by atoms with Crippen LogP contribution in [0.2, 0.25) is 0 Å². The van der Waals surface area contributed by atoms with Crippen molar-refractivity contribution >= 4 is 11.6 Å². The van der Waals surface area contributed by atoms with E-state index < -0.39 is 5.78 Å². The predicted molar refractivity (Wildman–Crippen MR) is 179 cm³/mol. The Morgan fingerprint density at radius 1 is 0.622 bits per heavy atom. The summed E-state index contributed by atoms with van der Waals surface area (Å²) < 4.78 is 11.9. The van der Waals surface area contributed by atoms with Crippen molar-refractivity contribution in [2.45, 2.75) is 123 Å². The van der Waals surface area contributed by atoms with Crippen LogP contribution in [0, 0.1) is 0 Å². The van der Waals surface area contributed by atoms with Crippen LogP contribution in [0.15, 0.2) is 24.3 Å². The number of carbonyl (C=O) groups is 2. The Hall–Kier alpha value is -2.38. The Morgan fingerprint density at radius 2 is 1.11 bits per heavy atom. The van der Waals surface area contributed by atoms with Crippen LogP contribution in [0.5, 0.6) is 17.2 Å². The summed E-state index contributed by atoms with van der Waals surface area (Å²) in [7, 11) is 5.36. The Kier molecular flexibility index (Phi) is 17.2. The first kappa shape index (κ1) is 38.8. The summed E-state index contributed by atoms with van der Waals surface area (Å²) >= 11 is 0. The number of rotatable bonds is 22. The number of unbranched alkanes of at least 4 members (excludes halogenated alkanes) is 14. The van der Waals surface area contributed by atoms with E-state index in [0.717, 1.165) is 29.7 Å². The van der Waals surface area contributed by atoms with Crippen molar-refractivity contribution < 1.29 is 45.6 Å². The molecule has 0 saturated carbocycles. The van der Waals surface area contributed by atoms with Gasteiger partial charge in [-0.25, -0.2) is 0 Å². The van der Waals surface area contributed by atoms with Crippen molar-refractivity contribution in [3.05, 3.63) is 52.1 Å². The van der Waals surface area contributed by atoms with Gasteiger partial charge in [0.05, 0.1) is 45.5 Å². The third-order valence-electron chi connectivity index (χ3n) is 9.32. The second-order valence-corrected chi connectivity index (χ2v) is 13.1. The fourth-order valence-corrected chi connectivity index (χ4v) is 6.71. The highest BCUT2D eigenvalue weighted by Crippen LogP contribution is 2.40. The summed E-state index contributed by atoms with van der Waals surface area (Å²) in [4.78, 5) is 27.3. The lowest BCUT2D eigenvalue weighted by Crippen LogP contribution is -3.00. The van der Waals surface area contributed by atoms with E-state index in [9.17, 15) is 14.7 Å². The molecule has 45 heavy (non-hydrogen) atoms. The first-order chi connectivity index (χ1) is 21.3. The summed E-state index contributed by atoms with van der Waals surface area (Å²) in [6, 6.07) is 6.72. The van der Waals surface area contributed by atoms with Gasteiger partial charge in [-0.3, -0.25) is 9.59 Å². The molecule has 0 fully saturated rings. The van der Waals surface area contributed by atoms with Gasteiger partial charge in [-0.2, -0.15) is 0 Å². The Balaban J connectivity index is 0.00000705. The number of hydrogen-bond acceptors (Lipinski definition) is 5. The first-order valence-corrected chi connectivity index (χ1v) is 17.3. The fraction of sp³-hybridized carbons (Fsp3) is 0.632. The van der Waals surface area contributed by atoms with Crippen LogP contribution in [0.25, 0.3) is 0 Å². The minimum atomic E-state index is -0.395. The topological polar surface area (TPSA) is 72.8 Å². The van der Waals surface area contributed by atoms with Gasteiger partial charge in [0, 0.05) is 22.8 Å². The van der Waals surface area contributed by atoms with Crippen molar-refractivity contribution in [3.63, 3.8) is 0 Å². The number of benzene rings is 2. The monoisotopic (exact) mass is 687 g/mol. The molecule has 0 radical (unpaired) electrons. The van der Waals surface area contributed by atoms with Gasteiger partial charge in [-0.05, 0) is 43.9 Å². The molecule has 0 bridgehead atoms. The lowest BCUT2D eigenvalue weighted by molar-refractivity contribution is -0.923. The normalized spacial score (nSPS) is 12.5. The molecule has 0 atom stereocenters. The average Bonchev–Trinajstić information content (AvgIpc) is 3.01. The molecule has 0 spiro atoms. The number of phenols is 1. The molecule has 0 saturated heterocycles. The van der Waals surface area contributed by atoms with Gasteiger partial charge in [0.2, 0.25) is 5.78 Å². The van der Waals surface area contributed by atoms with Crippen LogP contribution >= 0.6 is 0 Å². The van der Waals surface area contributed by atoms with Crippen LogP contribution in [-0.2, 0) is 6.54 Å². The van der Waals surface area contributed by atoms with E-state index in [-0.39, 0.29) is 45.2 Å². The van der Waals surface area contributed by atoms with Crippen LogP contribution in [0.4, 0.5) is 0 Å². The highest BCUT2D eigenvalue weighted by Gasteiger charge is 2.36. The second-order valence-electron chi connectivity index (χ2n) is 13.1. The number of ether oxygens (including phenoxy) is 2. The van der Waals surface area contributed by atoms with E-state index in [0.29, 0.717) is 17.1 Å². The van der Waals surface area contributed by atoms with Crippen molar-refractivity contribution in [1.29, 1.82) is 0 Å². The fourth-order valence-electron chi connectivity index (χ4n) is 6.71. The van der Waals surface area contributed by atoms with E-state index in [1.54, 1.807) is 6.07 Å². The minimum absolute atomic E-state index is 0. The summed E-state index contributed by atoms with van der Waals surface area (Å²) in [5, 5.41) is 10.6. The third-order valence-corrected chi connectivity index (χ3v) is 9.32. The van der Waals surface area contributed by atoms with Crippen molar-refractivity contribution in [3.8, 4) is 17.2 Å². The van der Waals surface area contributed by atoms with Gasteiger partial charge in [0.15, 0.2) is 5.78 Å². The maximum Gasteiger partial charge on any atom is 0.201 e. The number of nitrogens with zero attached hydrogens (tertiary/aromatic N) is 1. The largest absolute Gasteiger partial charge is 1.00 e. The zero-order valence-corrected chi connectivity index (χ0v) is 30.2. The Morgan fingerprint density at radius 3 is 1.60 bits per heavy atom. The summed E-state index contributed by atoms with van der Waals surface area (Å²) in [6.45, 7) is 7.47. The lowest BCUT2D eigenvalue weighted by Gasteiger charge is -2.35. The quantitative estimate of drug-likeness (QED) is 0.0976. The standard InChI is InChI=1S/C38H57NO5.BrH/c1-6-8-10-12-14-16-18-20-22-39(3,23-21-19-17-15-13-11-9-7-2)28-29-24-31-36(34(25-29)44-5)38(42)35-32(37(31)41)26-30(43-4)27-33(35)40;/h24-27H,6-23,28H2,1-5H3;1H. The Labute approximate surface area is 283 Å². The number of quaternary nitrogens is 1. The summed E-state index contributed by atoms with van der Waals surface area (Å²) in [5.74, 6) is -0.205. The van der Waals surface area contributed by atoms with E-state index in [4.69, 9.17) is 9.47 Å². The Bertz CT molecular complexity index is 1210. The van der Waals surface area contributed by atoms with Gasteiger partial charge < -0.3 is 36.0 Å². The molecule has 0 amide bonds. The molecule has 1 aliphatic carbocycles. The van der Waals surface area contributed by atoms with Crippen LogP contribution in [0.1, 0.15) is 154 Å². The molecule has 1 aliphatic rings. The van der Waals surface area contributed by atoms with Gasteiger partial charge >= 0.3 is 0 Å². The molecule has 252 valence electrons. The number of hydrogen-bond donors (Lipinski definition) is 1. The number of carbonyl (C=O) groups excluding carboxylic acids is 2. The van der Waals surface area contributed by atoms with E-state index in [1.165, 1.54) is 123 Å². The molecule has 6 nitrogen and oxygen atoms in total. The number of phenolic OH excluding ortho intramolecular Hbond substituents is 1. The number of ketones is 2. The first-order valence-electron chi connectivity index (χ1n) is 17.3. The molecule has 0 heterocycles. The van der Waals surface area contributed by atoms with Gasteiger partial charge in [-0.1, -0.05) is 90.9 Å². The average molecular weight is 689 g/mol. The third kappa shape index (κ3) is 11.1. The maximum atomic E-state index is 13.8. The highest BCUT2D eigenvalue weighted by molar-refractivity contribution is 6.30. The second kappa shape index (κ2) is 20.0. The SMILES string of the molecule is CCCCCCCCCC[N+](C)(CCCCCCCCCC)Cc1cc(OC)c2c(c1)C(=O)c1cc(OC)cc(O)c1C2=O.[Br-]. The summed E-state index contributed by atoms with van der Waals surface area (Å²) in [6.07, 6.45) is 20.7. The van der Waals surface area contributed by atoms with Gasteiger partial charge in [0.25, 0.3) is 0 Å². The number of methoxy groups -OCH3 is 2. The van der Waals surface area contributed by atoms with Gasteiger partial charge in [0.1, 0.15) is 23.8 Å². The zero-order chi connectivity index (χ0) is 32.0. The van der Waals surface area contributed by atoms with Crippen molar-refractivity contribution in [1.82, 2.24) is 0 Å². The molecule has 7 heteroatoms. The molecular weight excluding hydrogens is 630 g/mol. The molecule has 1 N–H and O–H groups in total. The molecular formula is C38H58BrNO5. The molecule has 0 unspecified atom stereocenters. The van der Waals surface area contributed by atoms with E-state index in [2.05, 4.69) is 20.9 Å². The summed E-state index contributed by atoms with van der Waals surface area (Å²) in [5.41, 5.74) is 1.76. The van der Waals surface area contributed by atoms with Crippen molar-refractivity contribution in [2.75, 3.05) is 34.4 Å². The number of aromatic hydroxyl groups is 1. The van der Waals surface area contributed by atoms with Crippen LogP contribution < -0.4 is 26.5 Å². The maximum absolute atomic E-state index is 13.8. The zero-order valence-electron chi connectivity index (χ0n) is 28.6. The van der Waals surface area contributed by atoms with Crippen molar-refractivity contribution in [2.24, 2.45) is 0 Å². The van der Waals surface area contributed by atoms with E-state index >= 15 is 0 Å². The lowest BCUT2D eigenvalue weighted by atomic mass is 9.82. The molecule has 0 aliphatic heterocycles. The number of fused-ring (bicyclic) bond motifs is 2. The number of halogens is 1. The molecule has 2 aromatic carbocycles. The molecule has 2 aromatic rings. The molecule has 3 rings (SSSR count).